The number of thiophene rings is 1. The van der Waals surface area contributed by atoms with Crippen molar-refractivity contribution in [3.63, 3.8) is 0 Å². The molecular formula is C9H12BrNO5S2. The molecule has 1 aromatic rings. The largest absolute Gasteiger partial charge is 0.477 e. The number of carboxylic acid groups (broad SMARTS) is 1. The summed E-state index contributed by atoms with van der Waals surface area (Å²) in [6.45, 7) is 1.64. The van der Waals surface area contributed by atoms with E-state index in [0.717, 1.165) is 17.4 Å². The van der Waals surface area contributed by atoms with Gasteiger partial charge in [-0.3, -0.25) is 0 Å². The molecule has 18 heavy (non-hydrogen) atoms. The molecule has 9 heteroatoms. The average molecular weight is 358 g/mol. The molecule has 0 aliphatic carbocycles. The van der Waals surface area contributed by atoms with E-state index in [1.165, 1.54) is 0 Å². The molecule has 6 nitrogen and oxygen atoms in total. The van der Waals surface area contributed by atoms with E-state index in [2.05, 4.69) is 20.7 Å². The van der Waals surface area contributed by atoms with Crippen molar-refractivity contribution in [1.82, 2.24) is 4.72 Å². The van der Waals surface area contributed by atoms with Crippen molar-refractivity contribution in [2.45, 2.75) is 11.8 Å². The van der Waals surface area contributed by atoms with E-state index in [-0.39, 0.29) is 32.6 Å². The van der Waals surface area contributed by atoms with Crippen LogP contribution in [0.1, 0.15) is 16.6 Å². The molecule has 3 N–H and O–H groups in total. The zero-order chi connectivity index (χ0) is 13.9. The van der Waals surface area contributed by atoms with Crippen molar-refractivity contribution in [3.05, 3.63) is 14.7 Å². The van der Waals surface area contributed by atoms with Gasteiger partial charge >= 0.3 is 5.97 Å². The first kappa shape index (κ1) is 15.6. The fraction of sp³-hybridized carbons (Fsp3) is 0.444. The lowest BCUT2D eigenvalue weighted by atomic mass is 10.2. The van der Waals surface area contributed by atoms with Gasteiger partial charge in [-0.25, -0.2) is 17.9 Å². The molecule has 0 bridgehead atoms. The highest BCUT2D eigenvalue weighted by Gasteiger charge is 2.23. The molecule has 1 aromatic heterocycles. The van der Waals surface area contributed by atoms with Gasteiger partial charge in [0, 0.05) is 13.2 Å². The minimum Gasteiger partial charge on any atom is -0.477 e. The number of carbonyl (C=O) groups is 1. The minimum atomic E-state index is -3.77. The molecule has 0 fully saturated rings. The Balaban J connectivity index is 2.95. The third-order valence-electron chi connectivity index (χ3n) is 2.09. The molecule has 0 saturated carbocycles. The zero-order valence-corrected chi connectivity index (χ0v) is 12.6. The first-order chi connectivity index (χ1) is 8.27. The molecule has 0 radical (unpaired) electrons. The monoisotopic (exact) mass is 357 g/mol. The second kappa shape index (κ2) is 6.11. The molecule has 0 aliphatic heterocycles. The molecule has 0 saturated heterocycles. The maximum absolute atomic E-state index is 11.9. The van der Waals surface area contributed by atoms with Crippen LogP contribution >= 0.6 is 27.3 Å². The van der Waals surface area contributed by atoms with Crippen LogP contribution in [-0.4, -0.2) is 37.8 Å². The van der Waals surface area contributed by atoms with Gasteiger partial charge in [-0.2, -0.15) is 0 Å². The van der Waals surface area contributed by atoms with Gasteiger partial charge in [0.05, 0.1) is 3.79 Å². The highest BCUT2D eigenvalue weighted by Crippen LogP contribution is 2.31. The van der Waals surface area contributed by atoms with Crippen molar-refractivity contribution in [2.24, 2.45) is 5.92 Å². The van der Waals surface area contributed by atoms with Gasteiger partial charge in [0.1, 0.15) is 9.77 Å². The third kappa shape index (κ3) is 3.75. The maximum atomic E-state index is 11.9. The van der Waals surface area contributed by atoms with Crippen molar-refractivity contribution in [3.8, 4) is 0 Å². The molecule has 0 aliphatic rings. The molecule has 0 amide bonds. The van der Waals surface area contributed by atoms with Gasteiger partial charge in [0.25, 0.3) is 0 Å². The quantitative estimate of drug-likeness (QED) is 0.707. The Labute approximate surface area is 117 Å². The number of hydrogen-bond acceptors (Lipinski definition) is 5. The first-order valence-electron chi connectivity index (χ1n) is 4.91. The maximum Gasteiger partial charge on any atom is 0.345 e. The lowest BCUT2D eigenvalue weighted by Gasteiger charge is -2.09. The van der Waals surface area contributed by atoms with Crippen LogP contribution in [-0.2, 0) is 10.0 Å². The summed E-state index contributed by atoms with van der Waals surface area (Å²) in [5, 5.41) is 17.6. The Hall–Kier alpha value is -0.480. The second-order valence-corrected chi connectivity index (χ2v) is 7.80. The number of aliphatic hydroxyl groups excluding tert-OH is 1. The Morgan fingerprint density at radius 1 is 1.61 bits per heavy atom. The fourth-order valence-electron chi connectivity index (χ4n) is 1.03. The van der Waals surface area contributed by atoms with Gasteiger partial charge < -0.3 is 10.2 Å². The summed E-state index contributed by atoms with van der Waals surface area (Å²) >= 11 is 3.87. The topological polar surface area (TPSA) is 104 Å². The summed E-state index contributed by atoms with van der Waals surface area (Å²) in [4.78, 5) is 10.6. The normalized spacial score (nSPS) is 13.5. The van der Waals surface area contributed by atoms with Crippen molar-refractivity contribution in [2.75, 3.05) is 13.2 Å². The van der Waals surface area contributed by atoms with Crippen LogP contribution in [0.4, 0.5) is 0 Å². The predicted molar refractivity (Wildman–Crippen MR) is 70.4 cm³/mol. The number of carboxylic acids is 1. The highest BCUT2D eigenvalue weighted by molar-refractivity contribution is 9.11. The van der Waals surface area contributed by atoms with Gasteiger partial charge in [-0.15, -0.1) is 11.3 Å². The lowest BCUT2D eigenvalue weighted by molar-refractivity contribution is 0.0702. The molecule has 1 unspecified atom stereocenters. The van der Waals surface area contributed by atoms with Crippen LogP contribution in [0.2, 0.25) is 0 Å². The first-order valence-corrected chi connectivity index (χ1v) is 8.00. The summed E-state index contributed by atoms with van der Waals surface area (Å²) in [5.41, 5.74) is 0. The minimum absolute atomic E-state index is 0.0579. The van der Waals surface area contributed by atoms with Crippen molar-refractivity contribution >= 4 is 43.3 Å². The SMILES string of the molecule is CC(CO)CNS(=O)(=O)c1cc(C(=O)O)sc1Br. The number of hydrogen-bond donors (Lipinski definition) is 3. The van der Waals surface area contributed by atoms with Crippen LogP contribution in [0.3, 0.4) is 0 Å². The summed E-state index contributed by atoms with van der Waals surface area (Å²) < 4.78 is 26.4. The zero-order valence-electron chi connectivity index (χ0n) is 9.38. The Bertz CT molecular complexity index is 539. The fourth-order valence-corrected chi connectivity index (χ4v) is 4.60. The van der Waals surface area contributed by atoms with Crippen LogP contribution in [0, 0.1) is 5.92 Å². The van der Waals surface area contributed by atoms with E-state index in [0.29, 0.717) is 0 Å². The van der Waals surface area contributed by atoms with Crippen molar-refractivity contribution < 1.29 is 23.4 Å². The van der Waals surface area contributed by atoms with E-state index < -0.39 is 16.0 Å². The lowest BCUT2D eigenvalue weighted by Crippen LogP contribution is -2.29. The Kier molecular flexibility index (Phi) is 5.29. The standard InChI is InChI=1S/C9H12BrNO5S2/c1-5(4-12)3-11-18(15,16)7-2-6(9(13)14)17-8(7)10/h2,5,11-12H,3-4H2,1H3,(H,13,14). The Morgan fingerprint density at radius 2 is 2.22 bits per heavy atom. The summed E-state index contributed by atoms with van der Waals surface area (Å²) in [6.07, 6.45) is 0. The van der Waals surface area contributed by atoms with E-state index in [1.54, 1.807) is 6.92 Å². The number of rotatable bonds is 6. The molecule has 1 atom stereocenters. The highest BCUT2D eigenvalue weighted by atomic mass is 79.9. The Morgan fingerprint density at radius 3 is 2.67 bits per heavy atom. The second-order valence-electron chi connectivity index (χ2n) is 3.69. The average Bonchev–Trinajstić information content (AvgIpc) is 2.69. The molecule has 0 aromatic carbocycles. The van der Waals surface area contributed by atoms with Gasteiger partial charge in [-0.05, 0) is 27.9 Å². The number of aliphatic hydroxyl groups is 1. The van der Waals surface area contributed by atoms with Gasteiger partial charge in [0.2, 0.25) is 10.0 Å². The number of sulfonamides is 1. The molecule has 102 valence electrons. The molecule has 1 rings (SSSR count). The summed E-state index contributed by atoms with van der Waals surface area (Å²) in [7, 11) is -3.77. The van der Waals surface area contributed by atoms with E-state index in [4.69, 9.17) is 10.2 Å². The van der Waals surface area contributed by atoms with Crippen LogP contribution < -0.4 is 4.72 Å². The van der Waals surface area contributed by atoms with Crippen LogP contribution in [0.25, 0.3) is 0 Å². The van der Waals surface area contributed by atoms with E-state index in [9.17, 15) is 13.2 Å². The van der Waals surface area contributed by atoms with Gasteiger partial charge in [-0.1, -0.05) is 6.92 Å². The summed E-state index contributed by atoms with van der Waals surface area (Å²) in [6, 6.07) is 1.10. The molecular weight excluding hydrogens is 346 g/mol. The predicted octanol–water partition coefficient (Wildman–Crippen LogP) is 1.12. The summed E-state index contributed by atoms with van der Waals surface area (Å²) in [5.74, 6) is -1.39. The molecule has 0 spiro atoms. The molecule has 1 heterocycles. The third-order valence-corrected chi connectivity index (χ3v) is 5.75. The number of aromatic carboxylic acids is 1. The van der Waals surface area contributed by atoms with E-state index in [1.807, 2.05) is 0 Å². The van der Waals surface area contributed by atoms with E-state index >= 15 is 0 Å². The van der Waals surface area contributed by atoms with Gasteiger partial charge in [0.15, 0.2) is 0 Å². The van der Waals surface area contributed by atoms with Crippen molar-refractivity contribution in [1.29, 1.82) is 0 Å². The van der Waals surface area contributed by atoms with Crippen LogP contribution in [0.15, 0.2) is 14.7 Å². The van der Waals surface area contributed by atoms with Crippen LogP contribution in [0.5, 0.6) is 0 Å². The number of nitrogens with one attached hydrogen (secondary N) is 1. The number of halogens is 1. The smallest absolute Gasteiger partial charge is 0.345 e.